The summed E-state index contributed by atoms with van der Waals surface area (Å²) in [6.45, 7) is 5.04. The number of hydrogen-bond donors (Lipinski definition) is 1. The Morgan fingerprint density at radius 1 is 0.645 bits per heavy atom. The average molecular weight is 440 g/mol. The van der Waals surface area contributed by atoms with Gasteiger partial charge < -0.3 is 14.8 Å². The lowest BCUT2D eigenvalue weighted by atomic mass is 9.98. The van der Waals surface area contributed by atoms with Gasteiger partial charge >= 0.3 is 12.1 Å². The van der Waals surface area contributed by atoms with E-state index in [9.17, 15) is 9.59 Å². The van der Waals surface area contributed by atoms with Crippen LogP contribution in [0.3, 0.4) is 0 Å². The number of hydrogen-bond acceptors (Lipinski definition) is 4. The van der Waals surface area contributed by atoms with Gasteiger partial charge in [-0.2, -0.15) is 0 Å². The van der Waals surface area contributed by atoms with E-state index in [2.05, 4.69) is 12.2 Å². The molecule has 0 atom stereocenters. The van der Waals surface area contributed by atoms with Crippen molar-refractivity contribution in [3.05, 3.63) is 0 Å². The molecular weight excluding hydrogens is 390 g/mol. The van der Waals surface area contributed by atoms with E-state index in [-0.39, 0.29) is 5.97 Å². The van der Waals surface area contributed by atoms with Gasteiger partial charge in [0.05, 0.1) is 13.2 Å². The predicted octanol–water partition coefficient (Wildman–Crippen LogP) is 7.46. The van der Waals surface area contributed by atoms with E-state index in [4.69, 9.17) is 9.47 Å². The Morgan fingerprint density at radius 2 is 1.13 bits per heavy atom. The van der Waals surface area contributed by atoms with Crippen molar-refractivity contribution >= 4 is 12.1 Å². The van der Waals surface area contributed by atoms with Gasteiger partial charge in [0.15, 0.2) is 0 Å². The van der Waals surface area contributed by atoms with Crippen LogP contribution in [-0.2, 0) is 14.3 Å². The third-order valence-corrected chi connectivity index (χ3v) is 6.36. The highest BCUT2D eigenvalue weighted by Gasteiger charge is 2.44. The smallest absolute Gasteiger partial charge is 0.408 e. The number of carbonyl (C=O) groups excluding carboxylic acids is 2. The van der Waals surface area contributed by atoms with Crippen molar-refractivity contribution in [1.82, 2.24) is 5.32 Å². The fourth-order valence-electron chi connectivity index (χ4n) is 4.38. The summed E-state index contributed by atoms with van der Waals surface area (Å²) in [5, 5.41) is 2.79. The zero-order valence-corrected chi connectivity index (χ0v) is 20.5. The standard InChI is InChI=1S/C26H49NO4/c1-3-5-6-7-8-9-10-11-12-13-14-15-16-19-23-30-24(28)26(20-17-18-21-26)27-25(29)31-22-4-2/h3-23H2,1-2H3,(H,27,29). The SMILES string of the molecule is CCCCCCCCCCCCCCCCOC(=O)C1(NC(=O)OCCC)CCCC1. The molecule has 1 fully saturated rings. The van der Waals surface area contributed by atoms with Crippen molar-refractivity contribution in [1.29, 1.82) is 0 Å². The number of nitrogens with one attached hydrogen (secondary N) is 1. The highest BCUT2D eigenvalue weighted by molar-refractivity contribution is 5.86. The zero-order valence-electron chi connectivity index (χ0n) is 20.5. The number of amides is 1. The molecule has 0 bridgehead atoms. The maximum Gasteiger partial charge on any atom is 0.408 e. The van der Waals surface area contributed by atoms with Gasteiger partial charge in [0.25, 0.3) is 0 Å². The number of ether oxygens (including phenoxy) is 2. The molecule has 0 aliphatic heterocycles. The highest BCUT2D eigenvalue weighted by Crippen LogP contribution is 2.31. The molecule has 5 heteroatoms. The molecule has 0 heterocycles. The Bertz CT molecular complexity index is 460. The number of carbonyl (C=O) groups is 2. The van der Waals surface area contributed by atoms with Gasteiger partial charge in [-0.1, -0.05) is 110 Å². The minimum absolute atomic E-state index is 0.284. The average Bonchev–Trinajstić information content (AvgIpc) is 3.24. The van der Waals surface area contributed by atoms with Crippen LogP contribution in [-0.4, -0.2) is 30.8 Å². The van der Waals surface area contributed by atoms with Crippen LogP contribution >= 0.6 is 0 Å². The van der Waals surface area contributed by atoms with Crippen molar-refractivity contribution in [3.8, 4) is 0 Å². The molecule has 0 aromatic heterocycles. The Kier molecular flexibility index (Phi) is 16.4. The maximum atomic E-state index is 12.6. The molecule has 182 valence electrons. The van der Waals surface area contributed by atoms with E-state index < -0.39 is 11.6 Å². The Morgan fingerprint density at radius 3 is 1.61 bits per heavy atom. The number of alkyl carbamates (subject to hydrolysis) is 1. The summed E-state index contributed by atoms with van der Waals surface area (Å²) in [6, 6.07) is 0. The van der Waals surface area contributed by atoms with Crippen molar-refractivity contribution in [2.75, 3.05) is 13.2 Å². The van der Waals surface area contributed by atoms with Crippen LogP contribution in [0.2, 0.25) is 0 Å². The Labute approximate surface area is 191 Å². The van der Waals surface area contributed by atoms with Crippen LogP contribution in [0.5, 0.6) is 0 Å². The van der Waals surface area contributed by atoms with Gasteiger partial charge in [-0.25, -0.2) is 9.59 Å². The first-order valence-electron chi connectivity index (χ1n) is 13.3. The number of esters is 1. The normalized spacial score (nSPS) is 15.0. The second-order valence-electron chi connectivity index (χ2n) is 9.28. The molecule has 0 saturated heterocycles. The maximum absolute atomic E-state index is 12.6. The predicted molar refractivity (Wildman–Crippen MR) is 127 cm³/mol. The fraction of sp³-hybridized carbons (Fsp3) is 0.923. The lowest BCUT2D eigenvalue weighted by Crippen LogP contribution is -2.53. The van der Waals surface area contributed by atoms with Gasteiger partial charge in [-0.15, -0.1) is 0 Å². The van der Waals surface area contributed by atoms with Crippen molar-refractivity contribution < 1.29 is 19.1 Å². The second kappa shape index (κ2) is 18.3. The molecule has 31 heavy (non-hydrogen) atoms. The van der Waals surface area contributed by atoms with Gasteiger partial charge in [0, 0.05) is 0 Å². The van der Waals surface area contributed by atoms with Gasteiger partial charge in [0.1, 0.15) is 5.54 Å². The summed E-state index contributed by atoms with van der Waals surface area (Å²) in [4.78, 5) is 24.6. The molecule has 0 aromatic rings. The van der Waals surface area contributed by atoms with E-state index in [0.29, 0.717) is 26.1 Å². The van der Waals surface area contributed by atoms with Crippen LogP contribution in [0.15, 0.2) is 0 Å². The second-order valence-corrected chi connectivity index (χ2v) is 9.28. The van der Waals surface area contributed by atoms with Crippen LogP contribution in [0.1, 0.15) is 136 Å². The molecule has 1 aliphatic rings. The summed E-state index contributed by atoms with van der Waals surface area (Å²) >= 11 is 0. The quantitative estimate of drug-likeness (QED) is 0.167. The van der Waals surface area contributed by atoms with Gasteiger partial charge in [-0.05, 0) is 25.7 Å². The summed E-state index contributed by atoms with van der Waals surface area (Å²) < 4.78 is 10.6. The Balaban J connectivity index is 2.00. The van der Waals surface area contributed by atoms with Crippen LogP contribution in [0, 0.1) is 0 Å². The molecular formula is C26H49NO4. The summed E-state index contributed by atoms with van der Waals surface area (Å²) in [7, 11) is 0. The van der Waals surface area contributed by atoms with Crippen LogP contribution in [0.4, 0.5) is 4.79 Å². The third-order valence-electron chi connectivity index (χ3n) is 6.36. The highest BCUT2D eigenvalue weighted by atomic mass is 16.6. The summed E-state index contributed by atoms with van der Waals surface area (Å²) in [5.74, 6) is -0.284. The summed E-state index contributed by atoms with van der Waals surface area (Å²) in [5.41, 5.74) is -0.874. The minimum atomic E-state index is -0.874. The molecule has 1 N–H and O–H groups in total. The molecule has 1 rings (SSSR count). The van der Waals surface area contributed by atoms with E-state index in [1.807, 2.05) is 6.92 Å². The van der Waals surface area contributed by atoms with E-state index in [0.717, 1.165) is 32.1 Å². The first kappa shape index (κ1) is 27.8. The zero-order chi connectivity index (χ0) is 22.6. The van der Waals surface area contributed by atoms with E-state index in [1.54, 1.807) is 0 Å². The first-order chi connectivity index (χ1) is 15.1. The topological polar surface area (TPSA) is 64.6 Å². The lowest BCUT2D eigenvalue weighted by Gasteiger charge is -2.27. The van der Waals surface area contributed by atoms with E-state index >= 15 is 0 Å². The molecule has 1 saturated carbocycles. The summed E-state index contributed by atoms with van der Waals surface area (Å²) in [6.07, 6.45) is 21.7. The third kappa shape index (κ3) is 13.0. The van der Waals surface area contributed by atoms with Crippen molar-refractivity contribution in [2.24, 2.45) is 0 Å². The van der Waals surface area contributed by atoms with Crippen LogP contribution in [0.25, 0.3) is 0 Å². The molecule has 0 aromatic carbocycles. The van der Waals surface area contributed by atoms with Crippen LogP contribution < -0.4 is 5.32 Å². The van der Waals surface area contributed by atoms with E-state index in [1.165, 1.54) is 77.0 Å². The monoisotopic (exact) mass is 439 g/mol. The number of rotatable bonds is 19. The number of unbranched alkanes of at least 4 members (excludes halogenated alkanes) is 13. The Hall–Kier alpha value is -1.26. The lowest BCUT2D eigenvalue weighted by molar-refractivity contribution is -0.151. The molecule has 1 aliphatic carbocycles. The first-order valence-corrected chi connectivity index (χ1v) is 13.3. The molecule has 0 radical (unpaired) electrons. The minimum Gasteiger partial charge on any atom is -0.464 e. The molecule has 0 unspecified atom stereocenters. The fourth-order valence-corrected chi connectivity index (χ4v) is 4.38. The van der Waals surface area contributed by atoms with Gasteiger partial charge in [0.2, 0.25) is 0 Å². The molecule has 1 amide bonds. The van der Waals surface area contributed by atoms with Gasteiger partial charge in [-0.3, -0.25) is 0 Å². The molecule has 5 nitrogen and oxygen atoms in total. The molecule has 0 spiro atoms. The van der Waals surface area contributed by atoms with Crippen molar-refractivity contribution in [2.45, 2.75) is 141 Å². The largest absolute Gasteiger partial charge is 0.464 e. The van der Waals surface area contributed by atoms with Crippen molar-refractivity contribution in [3.63, 3.8) is 0 Å².